The summed E-state index contributed by atoms with van der Waals surface area (Å²) in [5.41, 5.74) is 3.99. The Morgan fingerprint density at radius 2 is 1.93 bits per heavy atom. The van der Waals surface area contributed by atoms with Crippen LogP contribution in [0.1, 0.15) is 32.1 Å². The Labute approximate surface area is 94.0 Å². The van der Waals surface area contributed by atoms with Gasteiger partial charge in [0.15, 0.2) is 0 Å². The Morgan fingerprint density at radius 3 is 2.60 bits per heavy atom. The molecule has 0 saturated heterocycles. The SMILES string of the molecule is C[Si](C)(C)/C=C1/CC[C@@H]2CCCC(=O)[C@H]12. The molecule has 0 amide bonds. The Bertz CT molecular complexity index is 298. The Balaban J connectivity index is 2.22. The minimum atomic E-state index is -1.14. The fourth-order valence-electron chi connectivity index (χ4n) is 3.17. The third-order valence-corrected chi connectivity index (χ3v) is 4.87. The van der Waals surface area contributed by atoms with Gasteiger partial charge >= 0.3 is 0 Å². The molecule has 0 spiro atoms. The van der Waals surface area contributed by atoms with Gasteiger partial charge in [-0.05, 0) is 31.6 Å². The second-order valence-electron chi connectivity index (χ2n) is 6.22. The van der Waals surface area contributed by atoms with Crippen molar-refractivity contribution in [2.24, 2.45) is 11.8 Å². The fraction of sp³-hybridized carbons (Fsp3) is 0.769. The van der Waals surface area contributed by atoms with E-state index in [0.29, 0.717) is 17.6 Å². The predicted octanol–water partition coefficient (Wildman–Crippen LogP) is 3.57. The van der Waals surface area contributed by atoms with Crippen molar-refractivity contribution in [1.82, 2.24) is 0 Å². The average molecular weight is 222 g/mol. The highest BCUT2D eigenvalue weighted by atomic mass is 28.3. The third kappa shape index (κ3) is 2.41. The van der Waals surface area contributed by atoms with Crippen molar-refractivity contribution in [3.8, 4) is 0 Å². The topological polar surface area (TPSA) is 17.1 Å². The van der Waals surface area contributed by atoms with Gasteiger partial charge in [-0.15, -0.1) is 0 Å². The van der Waals surface area contributed by atoms with Crippen molar-refractivity contribution in [3.63, 3.8) is 0 Å². The van der Waals surface area contributed by atoms with Crippen LogP contribution in [0.2, 0.25) is 19.6 Å². The molecule has 0 aromatic rings. The van der Waals surface area contributed by atoms with Crippen LogP contribution in [0.15, 0.2) is 11.3 Å². The van der Waals surface area contributed by atoms with Gasteiger partial charge in [0.1, 0.15) is 5.78 Å². The highest BCUT2D eigenvalue weighted by molar-refractivity contribution is 6.81. The highest BCUT2D eigenvalue weighted by Crippen LogP contribution is 2.44. The van der Waals surface area contributed by atoms with Crippen LogP contribution in [0.5, 0.6) is 0 Å². The minimum absolute atomic E-state index is 0.338. The van der Waals surface area contributed by atoms with Gasteiger partial charge in [0.05, 0.1) is 8.07 Å². The molecule has 1 nitrogen and oxygen atoms in total. The summed E-state index contributed by atoms with van der Waals surface area (Å²) in [4.78, 5) is 11.9. The minimum Gasteiger partial charge on any atom is -0.299 e. The monoisotopic (exact) mass is 222 g/mol. The number of allylic oxidation sites excluding steroid dienone is 1. The molecule has 0 unspecified atom stereocenters. The molecule has 0 N–H and O–H groups in total. The molecule has 0 aromatic heterocycles. The Hall–Kier alpha value is -0.373. The van der Waals surface area contributed by atoms with Crippen LogP contribution < -0.4 is 0 Å². The van der Waals surface area contributed by atoms with Crippen LogP contribution in [-0.4, -0.2) is 13.9 Å². The van der Waals surface area contributed by atoms with Crippen LogP contribution in [0.4, 0.5) is 0 Å². The van der Waals surface area contributed by atoms with Gasteiger partial charge in [-0.25, -0.2) is 0 Å². The maximum atomic E-state index is 11.9. The Kier molecular flexibility index (Phi) is 2.89. The smallest absolute Gasteiger partial charge is 0.140 e. The van der Waals surface area contributed by atoms with Crippen LogP contribution >= 0.6 is 0 Å². The molecule has 2 atom stereocenters. The van der Waals surface area contributed by atoms with Gasteiger partial charge < -0.3 is 0 Å². The maximum absolute atomic E-state index is 11.9. The summed E-state index contributed by atoms with van der Waals surface area (Å²) >= 11 is 0. The first-order valence-corrected chi connectivity index (χ1v) is 9.79. The normalized spacial score (nSPS) is 34.6. The standard InChI is InChI=1S/C13H22OSi/c1-15(2,3)9-11-8-7-10-5-4-6-12(14)13(10)11/h9-10,13H,4-8H2,1-3H3/b11-9-/t10-,13-/m0/s1. The van der Waals surface area contributed by atoms with E-state index in [4.69, 9.17) is 0 Å². The summed E-state index contributed by atoms with van der Waals surface area (Å²) in [6.07, 6.45) is 5.74. The zero-order valence-corrected chi connectivity index (χ0v) is 11.2. The molecule has 0 aliphatic heterocycles. The van der Waals surface area contributed by atoms with E-state index in [2.05, 4.69) is 25.3 Å². The van der Waals surface area contributed by atoms with E-state index in [1.165, 1.54) is 24.8 Å². The summed E-state index contributed by atoms with van der Waals surface area (Å²) in [5.74, 6) is 1.58. The first kappa shape index (κ1) is 11.1. The van der Waals surface area contributed by atoms with Crippen LogP contribution in [0, 0.1) is 11.8 Å². The molecule has 0 heterocycles. The molecule has 0 radical (unpaired) electrons. The number of fused-ring (bicyclic) bond motifs is 1. The molecular formula is C13H22OSi. The lowest BCUT2D eigenvalue weighted by Gasteiger charge is -2.25. The quantitative estimate of drug-likeness (QED) is 0.620. The summed E-state index contributed by atoms with van der Waals surface area (Å²) in [6.45, 7) is 7.09. The lowest BCUT2D eigenvalue weighted by molar-refractivity contribution is -0.124. The zero-order chi connectivity index (χ0) is 11.1. The number of carbonyl (C=O) groups is 1. The molecule has 0 aromatic carbocycles. The maximum Gasteiger partial charge on any atom is 0.140 e. The summed E-state index contributed by atoms with van der Waals surface area (Å²) in [6, 6.07) is 0. The average Bonchev–Trinajstić information content (AvgIpc) is 2.47. The summed E-state index contributed by atoms with van der Waals surface area (Å²) < 4.78 is 0. The molecule has 0 bridgehead atoms. The van der Waals surface area contributed by atoms with E-state index in [0.717, 1.165) is 12.8 Å². The van der Waals surface area contributed by atoms with Gasteiger partial charge in [-0.3, -0.25) is 4.79 Å². The molecule has 2 aliphatic rings. The predicted molar refractivity (Wildman–Crippen MR) is 66.5 cm³/mol. The van der Waals surface area contributed by atoms with Crippen LogP contribution in [-0.2, 0) is 4.79 Å². The molecule has 2 heteroatoms. The zero-order valence-electron chi connectivity index (χ0n) is 10.2. The van der Waals surface area contributed by atoms with E-state index in [-0.39, 0.29) is 0 Å². The number of hydrogen-bond donors (Lipinski definition) is 0. The lowest BCUT2D eigenvalue weighted by Crippen LogP contribution is -2.27. The van der Waals surface area contributed by atoms with E-state index in [9.17, 15) is 4.79 Å². The molecule has 2 saturated carbocycles. The number of rotatable bonds is 1. The van der Waals surface area contributed by atoms with Gasteiger partial charge in [0.25, 0.3) is 0 Å². The number of ketones is 1. The largest absolute Gasteiger partial charge is 0.299 e. The van der Waals surface area contributed by atoms with Crippen molar-refractivity contribution < 1.29 is 4.79 Å². The molecular weight excluding hydrogens is 200 g/mol. The third-order valence-electron chi connectivity index (χ3n) is 3.64. The summed E-state index contributed by atoms with van der Waals surface area (Å²) in [7, 11) is -1.14. The van der Waals surface area contributed by atoms with Crippen LogP contribution in [0.25, 0.3) is 0 Å². The first-order chi connectivity index (χ1) is 6.97. The number of carbonyl (C=O) groups excluding carboxylic acids is 1. The van der Waals surface area contributed by atoms with E-state index in [1.54, 1.807) is 0 Å². The molecule has 84 valence electrons. The van der Waals surface area contributed by atoms with E-state index < -0.39 is 8.07 Å². The number of Topliss-reactive ketones (excluding diaryl/α,β-unsaturated/α-hetero) is 1. The molecule has 2 fully saturated rings. The van der Waals surface area contributed by atoms with Gasteiger partial charge in [0.2, 0.25) is 0 Å². The van der Waals surface area contributed by atoms with Crippen LogP contribution in [0.3, 0.4) is 0 Å². The van der Waals surface area contributed by atoms with E-state index in [1.807, 2.05) is 0 Å². The first-order valence-electron chi connectivity index (χ1n) is 6.22. The lowest BCUT2D eigenvalue weighted by atomic mass is 9.79. The second kappa shape index (κ2) is 3.89. The van der Waals surface area contributed by atoms with Gasteiger partial charge in [-0.1, -0.05) is 30.9 Å². The van der Waals surface area contributed by atoms with E-state index >= 15 is 0 Å². The second-order valence-corrected chi connectivity index (χ2v) is 11.2. The highest BCUT2D eigenvalue weighted by Gasteiger charge is 2.39. The van der Waals surface area contributed by atoms with Crippen molar-refractivity contribution in [1.29, 1.82) is 0 Å². The molecule has 2 rings (SSSR count). The molecule has 15 heavy (non-hydrogen) atoms. The number of hydrogen-bond acceptors (Lipinski definition) is 1. The Morgan fingerprint density at radius 1 is 1.20 bits per heavy atom. The van der Waals surface area contributed by atoms with Crippen molar-refractivity contribution >= 4 is 13.9 Å². The fourth-order valence-corrected chi connectivity index (χ4v) is 4.61. The van der Waals surface area contributed by atoms with Gasteiger partial charge in [-0.2, -0.15) is 0 Å². The summed E-state index contributed by atoms with van der Waals surface area (Å²) in [5, 5.41) is 0. The molecule has 2 aliphatic carbocycles. The van der Waals surface area contributed by atoms with Crippen molar-refractivity contribution in [2.45, 2.75) is 51.7 Å². The van der Waals surface area contributed by atoms with Crippen molar-refractivity contribution in [3.05, 3.63) is 11.3 Å². The van der Waals surface area contributed by atoms with Gasteiger partial charge in [0, 0.05) is 12.3 Å². The van der Waals surface area contributed by atoms with Crippen molar-refractivity contribution in [2.75, 3.05) is 0 Å².